The van der Waals surface area contributed by atoms with E-state index in [2.05, 4.69) is 47.4 Å². The van der Waals surface area contributed by atoms with Gasteiger partial charge in [-0.2, -0.15) is 5.10 Å². The van der Waals surface area contributed by atoms with E-state index in [9.17, 15) is 4.79 Å². The fourth-order valence-corrected chi connectivity index (χ4v) is 3.31. The Labute approximate surface area is 145 Å². The maximum absolute atomic E-state index is 12.4. The first-order valence-electron chi connectivity index (χ1n) is 8.43. The molecule has 25 heavy (non-hydrogen) atoms. The van der Waals surface area contributed by atoms with Crippen molar-refractivity contribution < 1.29 is 4.79 Å². The number of fused-ring (bicyclic) bond motifs is 2. The molecule has 3 heterocycles. The van der Waals surface area contributed by atoms with Crippen LogP contribution in [0.2, 0.25) is 0 Å². The van der Waals surface area contributed by atoms with Crippen LogP contribution in [0.3, 0.4) is 0 Å². The number of carbonyl (C=O) groups excluding carboxylic acids is 1. The standard InChI is InChI=1S/C20H20N4O/c1-13-6-5-8-17-16(14(2)22-19(13)17)9-10-21-20(25)18-12-15-7-3-4-11-24(15)23-18/h3-8,11-12,22H,9-10H2,1-2H3,(H,21,25). The van der Waals surface area contributed by atoms with Crippen molar-refractivity contribution >= 4 is 22.3 Å². The molecular weight excluding hydrogens is 312 g/mol. The van der Waals surface area contributed by atoms with Crippen molar-refractivity contribution in [1.82, 2.24) is 19.9 Å². The van der Waals surface area contributed by atoms with Crippen LogP contribution in [0.4, 0.5) is 0 Å². The highest BCUT2D eigenvalue weighted by Crippen LogP contribution is 2.24. The summed E-state index contributed by atoms with van der Waals surface area (Å²) in [5, 5.41) is 8.52. The van der Waals surface area contributed by atoms with Crippen LogP contribution >= 0.6 is 0 Å². The van der Waals surface area contributed by atoms with Gasteiger partial charge in [-0.1, -0.05) is 24.3 Å². The number of carbonyl (C=O) groups is 1. The lowest BCUT2D eigenvalue weighted by Gasteiger charge is -2.04. The molecule has 5 nitrogen and oxygen atoms in total. The zero-order valence-electron chi connectivity index (χ0n) is 14.3. The molecule has 1 amide bonds. The molecule has 0 bridgehead atoms. The molecule has 0 saturated heterocycles. The number of aromatic nitrogens is 3. The first kappa shape index (κ1) is 15.4. The number of para-hydroxylation sites is 1. The fourth-order valence-electron chi connectivity index (χ4n) is 3.31. The van der Waals surface area contributed by atoms with Crippen molar-refractivity contribution in [2.45, 2.75) is 20.3 Å². The molecule has 4 aromatic rings. The highest BCUT2D eigenvalue weighted by Gasteiger charge is 2.12. The number of amides is 1. The Morgan fingerprint density at radius 1 is 1.20 bits per heavy atom. The van der Waals surface area contributed by atoms with Crippen LogP contribution in [-0.2, 0) is 6.42 Å². The minimum absolute atomic E-state index is 0.141. The summed E-state index contributed by atoms with van der Waals surface area (Å²) in [7, 11) is 0. The number of aryl methyl sites for hydroxylation is 2. The molecule has 0 saturated carbocycles. The van der Waals surface area contributed by atoms with Crippen LogP contribution in [0, 0.1) is 13.8 Å². The van der Waals surface area contributed by atoms with Crippen LogP contribution in [0.15, 0.2) is 48.7 Å². The van der Waals surface area contributed by atoms with Gasteiger partial charge < -0.3 is 10.3 Å². The van der Waals surface area contributed by atoms with E-state index < -0.39 is 0 Å². The molecule has 0 spiro atoms. The Bertz CT molecular complexity index is 1040. The monoisotopic (exact) mass is 332 g/mol. The summed E-state index contributed by atoms with van der Waals surface area (Å²) < 4.78 is 1.71. The smallest absolute Gasteiger partial charge is 0.271 e. The lowest BCUT2D eigenvalue weighted by Crippen LogP contribution is -2.26. The number of nitrogens with zero attached hydrogens (tertiary/aromatic N) is 2. The SMILES string of the molecule is Cc1[nH]c2c(C)cccc2c1CCNC(=O)c1cc2ccccn2n1. The summed E-state index contributed by atoms with van der Waals surface area (Å²) in [5.74, 6) is -0.141. The van der Waals surface area contributed by atoms with Crippen molar-refractivity contribution in [2.75, 3.05) is 6.54 Å². The van der Waals surface area contributed by atoms with Crippen molar-refractivity contribution in [3.63, 3.8) is 0 Å². The van der Waals surface area contributed by atoms with Gasteiger partial charge in [-0.15, -0.1) is 0 Å². The highest BCUT2D eigenvalue weighted by molar-refractivity contribution is 5.93. The van der Waals surface area contributed by atoms with Crippen molar-refractivity contribution in [1.29, 1.82) is 0 Å². The van der Waals surface area contributed by atoms with Crippen molar-refractivity contribution in [3.8, 4) is 0 Å². The Kier molecular flexibility index (Phi) is 3.76. The van der Waals surface area contributed by atoms with Gasteiger partial charge in [0.2, 0.25) is 0 Å². The predicted molar refractivity (Wildman–Crippen MR) is 99.0 cm³/mol. The summed E-state index contributed by atoms with van der Waals surface area (Å²) in [6.45, 7) is 4.76. The molecule has 0 radical (unpaired) electrons. The quantitative estimate of drug-likeness (QED) is 0.601. The highest BCUT2D eigenvalue weighted by atomic mass is 16.1. The third-order valence-electron chi connectivity index (χ3n) is 4.63. The Morgan fingerprint density at radius 2 is 2.08 bits per heavy atom. The molecule has 0 aliphatic rings. The lowest BCUT2D eigenvalue weighted by atomic mass is 10.1. The number of H-pyrrole nitrogens is 1. The maximum atomic E-state index is 12.4. The largest absolute Gasteiger partial charge is 0.358 e. The van der Waals surface area contributed by atoms with Crippen LogP contribution in [-0.4, -0.2) is 27.0 Å². The molecule has 0 unspecified atom stereocenters. The number of aromatic amines is 1. The summed E-state index contributed by atoms with van der Waals surface area (Å²) >= 11 is 0. The molecule has 0 aliphatic carbocycles. The Morgan fingerprint density at radius 3 is 2.92 bits per heavy atom. The lowest BCUT2D eigenvalue weighted by molar-refractivity contribution is 0.0949. The molecule has 0 atom stereocenters. The second kappa shape index (κ2) is 6.09. The van der Waals surface area contributed by atoms with E-state index in [-0.39, 0.29) is 5.91 Å². The van der Waals surface area contributed by atoms with Crippen LogP contribution in [0.1, 0.15) is 27.3 Å². The molecule has 0 aliphatic heterocycles. The summed E-state index contributed by atoms with van der Waals surface area (Å²) in [6.07, 6.45) is 2.62. The first-order valence-corrected chi connectivity index (χ1v) is 8.43. The third kappa shape index (κ3) is 2.78. The molecule has 0 fully saturated rings. The predicted octanol–water partition coefficient (Wildman–Crippen LogP) is 3.40. The second-order valence-corrected chi connectivity index (χ2v) is 6.33. The summed E-state index contributed by atoms with van der Waals surface area (Å²) in [6, 6.07) is 13.9. The van der Waals surface area contributed by atoms with Gasteiger partial charge in [0.15, 0.2) is 5.69 Å². The Balaban J connectivity index is 1.48. The van der Waals surface area contributed by atoms with Gasteiger partial charge in [-0.25, -0.2) is 4.52 Å². The van der Waals surface area contributed by atoms with Gasteiger partial charge in [-0.3, -0.25) is 4.79 Å². The molecule has 5 heteroatoms. The van der Waals surface area contributed by atoms with Gasteiger partial charge >= 0.3 is 0 Å². The van der Waals surface area contributed by atoms with E-state index in [0.29, 0.717) is 12.2 Å². The van der Waals surface area contributed by atoms with E-state index in [1.165, 1.54) is 22.0 Å². The van der Waals surface area contributed by atoms with Gasteiger partial charge in [0.05, 0.1) is 5.52 Å². The Hall–Kier alpha value is -3.08. The molecular formula is C20H20N4O. The summed E-state index contributed by atoms with van der Waals surface area (Å²) in [4.78, 5) is 15.8. The van der Waals surface area contributed by atoms with Crippen LogP contribution in [0.25, 0.3) is 16.4 Å². The van der Waals surface area contributed by atoms with Gasteiger partial charge in [0.25, 0.3) is 5.91 Å². The van der Waals surface area contributed by atoms with Crippen LogP contribution < -0.4 is 5.32 Å². The maximum Gasteiger partial charge on any atom is 0.271 e. The number of pyridine rings is 1. The van der Waals surface area contributed by atoms with Crippen LogP contribution in [0.5, 0.6) is 0 Å². The van der Waals surface area contributed by atoms with Gasteiger partial charge in [-0.05, 0) is 49.6 Å². The molecule has 126 valence electrons. The minimum atomic E-state index is -0.141. The van der Waals surface area contributed by atoms with Gasteiger partial charge in [0.1, 0.15) is 0 Å². The zero-order valence-corrected chi connectivity index (χ0v) is 14.3. The van der Waals surface area contributed by atoms with E-state index in [0.717, 1.165) is 17.6 Å². The van der Waals surface area contributed by atoms with Crippen molar-refractivity contribution in [2.24, 2.45) is 0 Å². The van der Waals surface area contributed by atoms with E-state index in [1.54, 1.807) is 10.6 Å². The fraction of sp³-hybridized carbons (Fsp3) is 0.200. The number of rotatable bonds is 4. The van der Waals surface area contributed by atoms with Gasteiger partial charge in [0, 0.05) is 29.3 Å². The van der Waals surface area contributed by atoms with E-state index in [1.807, 2.05) is 24.4 Å². The minimum Gasteiger partial charge on any atom is -0.358 e. The number of hydrogen-bond acceptors (Lipinski definition) is 2. The topological polar surface area (TPSA) is 62.2 Å². The number of benzene rings is 1. The average molecular weight is 332 g/mol. The number of nitrogens with one attached hydrogen (secondary N) is 2. The zero-order chi connectivity index (χ0) is 17.4. The van der Waals surface area contributed by atoms with Crippen molar-refractivity contribution in [3.05, 3.63) is 71.2 Å². The summed E-state index contributed by atoms with van der Waals surface area (Å²) in [5.41, 5.74) is 6.19. The third-order valence-corrected chi connectivity index (χ3v) is 4.63. The number of hydrogen-bond donors (Lipinski definition) is 2. The molecule has 3 aromatic heterocycles. The normalized spacial score (nSPS) is 11.3. The molecule has 1 aromatic carbocycles. The van der Waals surface area contributed by atoms with E-state index in [4.69, 9.17) is 0 Å². The average Bonchev–Trinajstić information content (AvgIpc) is 3.17. The molecule has 2 N–H and O–H groups in total. The second-order valence-electron chi connectivity index (χ2n) is 6.33. The first-order chi connectivity index (χ1) is 12.1. The van der Waals surface area contributed by atoms with E-state index >= 15 is 0 Å². The molecule has 4 rings (SSSR count).